The van der Waals surface area contributed by atoms with E-state index in [-0.39, 0.29) is 17.6 Å². The first-order chi connectivity index (χ1) is 7.40. The summed E-state index contributed by atoms with van der Waals surface area (Å²) in [5.74, 6) is 0.0782. The summed E-state index contributed by atoms with van der Waals surface area (Å²) >= 11 is 0. The van der Waals surface area contributed by atoms with Crippen molar-refractivity contribution in [2.75, 3.05) is 17.7 Å². The molecule has 90 valence electrons. The lowest BCUT2D eigenvalue weighted by atomic mass is 10.3. The topological polar surface area (TPSA) is 90.0 Å². The summed E-state index contributed by atoms with van der Waals surface area (Å²) < 4.78 is 12.4. The molecule has 2 atom stereocenters. The first-order valence-electron chi connectivity index (χ1n) is 4.80. The molecule has 0 aliphatic carbocycles. The highest BCUT2D eigenvalue weighted by Gasteiger charge is 2.16. The van der Waals surface area contributed by atoms with Gasteiger partial charge in [-0.2, -0.15) is 5.10 Å². The average molecular weight is 244 g/mol. The van der Waals surface area contributed by atoms with Crippen LogP contribution in [0.25, 0.3) is 0 Å². The highest BCUT2D eigenvalue weighted by molar-refractivity contribution is 7.84. The first-order valence-corrected chi connectivity index (χ1v) is 6.53. The van der Waals surface area contributed by atoms with E-state index < -0.39 is 10.8 Å². The van der Waals surface area contributed by atoms with Gasteiger partial charge in [-0.1, -0.05) is 0 Å². The molecule has 1 amide bonds. The molecule has 0 saturated carbocycles. The maximum Gasteiger partial charge on any atom is 0.274 e. The molecule has 0 bridgehead atoms. The minimum atomic E-state index is -0.940. The number of nitrogens with zero attached hydrogens (tertiary/aromatic N) is 2. The molecule has 0 aromatic carbocycles. The SMILES string of the molecule is CC(CS(C)=O)NC(=O)c1nn(C)cc1N. The van der Waals surface area contributed by atoms with Gasteiger partial charge in [-0.05, 0) is 6.92 Å². The molecule has 0 radical (unpaired) electrons. The highest BCUT2D eigenvalue weighted by atomic mass is 32.2. The number of amides is 1. The number of rotatable bonds is 4. The van der Waals surface area contributed by atoms with E-state index in [1.54, 1.807) is 26.4 Å². The van der Waals surface area contributed by atoms with Crippen LogP contribution in [-0.2, 0) is 17.8 Å². The largest absolute Gasteiger partial charge is 0.396 e. The third-order valence-electron chi connectivity index (χ3n) is 1.93. The van der Waals surface area contributed by atoms with Crippen molar-refractivity contribution in [3.63, 3.8) is 0 Å². The molecule has 0 spiro atoms. The van der Waals surface area contributed by atoms with E-state index in [4.69, 9.17) is 5.73 Å². The van der Waals surface area contributed by atoms with E-state index in [0.717, 1.165) is 0 Å². The van der Waals surface area contributed by atoms with Gasteiger partial charge in [0.05, 0.1) is 5.69 Å². The number of hydrogen-bond donors (Lipinski definition) is 2. The molecular weight excluding hydrogens is 228 g/mol. The fraction of sp³-hybridized carbons (Fsp3) is 0.556. The van der Waals surface area contributed by atoms with E-state index in [2.05, 4.69) is 10.4 Å². The van der Waals surface area contributed by atoms with Crippen molar-refractivity contribution in [1.82, 2.24) is 15.1 Å². The predicted molar refractivity (Wildman–Crippen MR) is 63.5 cm³/mol. The summed E-state index contributed by atoms with van der Waals surface area (Å²) in [7, 11) is 0.752. The third-order valence-corrected chi connectivity index (χ3v) is 2.90. The summed E-state index contributed by atoms with van der Waals surface area (Å²) in [6.45, 7) is 1.79. The van der Waals surface area contributed by atoms with Gasteiger partial charge in [0.15, 0.2) is 5.69 Å². The van der Waals surface area contributed by atoms with Gasteiger partial charge in [0.25, 0.3) is 5.91 Å². The van der Waals surface area contributed by atoms with Crippen LogP contribution < -0.4 is 11.1 Å². The van der Waals surface area contributed by atoms with E-state index in [1.807, 2.05) is 0 Å². The molecule has 6 nitrogen and oxygen atoms in total. The second-order valence-corrected chi connectivity index (χ2v) is 5.20. The lowest BCUT2D eigenvalue weighted by Crippen LogP contribution is -2.36. The van der Waals surface area contributed by atoms with Gasteiger partial charge in [-0.25, -0.2) is 0 Å². The third kappa shape index (κ3) is 3.34. The standard InChI is InChI=1S/C9H16N4O2S/c1-6(5-16(3)15)11-9(14)8-7(10)4-13(2)12-8/h4,6H,5,10H2,1-3H3,(H,11,14). The molecule has 1 aromatic rings. The lowest BCUT2D eigenvalue weighted by Gasteiger charge is -2.11. The summed E-state index contributed by atoms with van der Waals surface area (Å²) in [5.41, 5.74) is 6.16. The summed E-state index contributed by atoms with van der Waals surface area (Å²) in [6, 6.07) is -0.167. The molecule has 7 heteroatoms. The first kappa shape index (κ1) is 12.7. The molecule has 3 N–H and O–H groups in total. The van der Waals surface area contributed by atoms with Crippen LogP contribution in [0, 0.1) is 0 Å². The van der Waals surface area contributed by atoms with Crippen LogP contribution >= 0.6 is 0 Å². The predicted octanol–water partition coefficient (Wildman–Crippen LogP) is -0.501. The summed E-state index contributed by atoms with van der Waals surface area (Å²) in [6.07, 6.45) is 3.16. The van der Waals surface area contributed by atoms with Crippen LogP contribution in [0.2, 0.25) is 0 Å². The Hall–Kier alpha value is -1.37. The van der Waals surface area contributed by atoms with Crippen molar-refractivity contribution >= 4 is 22.4 Å². The van der Waals surface area contributed by atoms with Gasteiger partial charge in [-0.15, -0.1) is 0 Å². The maximum atomic E-state index is 11.7. The van der Waals surface area contributed by atoms with Crippen molar-refractivity contribution in [1.29, 1.82) is 0 Å². The molecule has 0 aliphatic heterocycles. The number of nitrogens with one attached hydrogen (secondary N) is 1. The molecule has 2 unspecified atom stereocenters. The van der Waals surface area contributed by atoms with Crippen LogP contribution in [0.15, 0.2) is 6.20 Å². The molecule has 0 fully saturated rings. The van der Waals surface area contributed by atoms with E-state index in [9.17, 15) is 9.00 Å². The zero-order chi connectivity index (χ0) is 12.3. The van der Waals surface area contributed by atoms with Crippen molar-refractivity contribution in [3.05, 3.63) is 11.9 Å². The number of anilines is 1. The molecule has 1 aromatic heterocycles. The minimum Gasteiger partial charge on any atom is -0.396 e. The number of carbonyl (C=O) groups is 1. The Morgan fingerprint density at radius 3 is 2.81 bits per heavy atom. The van der Waals surface area contributed by atoms with Crippen LogP contribution in [-0.4, -0.2) is 37.9 Å². The Morgan fingerprint density at radius 1 is 1.75 bits per heavy atom. The molecular formula is C9H16N4O2S. The second-order valence-electron chi connectivity index (χ2n) is 3.72. The molecule has 1 rings (SSSR count). The number of nitrogens with two attached hydrogens (primary N) is 1. The minimum absolute atomic E-state index is 0.167. The molecule has 1 heterocycles. The highest BCUT2D eigenvalue weighted by Crippen LogP contribution is 2.07. The van der Waals surface area contributed by atoms with Gasteiger partial charge >= 0.3 is 0 Å². The normalized spacial score (nSPS) is 14.4. The summed E-state index contributed by atoms with van der Waals surface area (Å²) in [4.78, 5) is 11.7. The number of aromatic nitrogens is 2. The van der Waals surface area contributed by atoms with Crippen LogP contribution in [0.1, 0.15) is 17.4 Å². The molecule has 0 aliphatic rings. The van der Waals surface area contributed by atoms with Crippen molar-refractivity contribution in [2.45, 2.75) is 13.0 Å². The lowest BCUT2D eigenvalue weighted by molar-refractivity contribution is 0.0939. The maximum absolute atomic E-state index is 11.7. The van der Waals surface area contributed by atoms with Gasteiger partial charge in [-0.3, -0.25) is 13.7 Å². The molecule has 16 heavy (non-hydrogen) atoms. The van der Waals surface area contributed by atoms with Crippen LogP contribution in [0.3, 0.4) is 0 Å². The average Bonchev–Trinajstić information content (AvgIpc) is 2.43. The van der Waals surface area contributed by atoms with Gasteiger partial charge in [0.2, 0.25) is 0 Å². The Labute approximate surface area is 96.7 Å². The van der Waals surface area contributed by atoms with Gasteiger partial charge < -0.3 is 11.1 Å². The second kappa shape index (κ2) is 5.11. The Morgan fingerprint density at radius 2 is 2.38 bits per heavy atom. The van der Waals surface area contributed by atoms with Crippen molar-refractivity contribution < 1.29 is 9.00 Å². The number of aryl methyl sites for hydroxylation is 1. The van der Waals surface area contributed by atoms with Crippen molar-refractivity contribution in [2.24, 2.45) is 7.05 Å². The van der Waals surface area contributed by atoms with E-state index in [1.165, 1.54) is 4.68 Å². The fourth-order valence-corrected chi connectivity index (χ4v) is 2.16. The number of nitrogen functional groups attached to an aromatic ring is 1. The van der Waals surface area contributed by atoms with E-state index in [0.29, 0.717) is 11.4 Å². The monoisotopic (exact) mass is 244 g/mol. The Kier molecular flexibility index (Phi) is 4.05. The zero-order valence-electron chi connectivity index (χ0n) is 9.56. The van der Waals surface area contributed by atoms with Crippen LogP contribution in [0.4, 0.5) is 5.69 Å². The molecule has 0 saturated heterocycles. The smallest absolute Gasteiger partial charge is 0.274 e. The summed E-state index contributed by atoms with van der Waals surface area (Å²) in [5, 5.41) is 6.64. The van der Waals surface area contributed by atoms with Gasteiger partial charge in [0.1, 0.15) is 0 Å². The fourth-order valence-electron chi connectivity index (χ4n) is 1.37. The zero-order valence-corrected chi connectivity index (χ0v) is 10.4. The number of hydrogen-bond acceptors (Lipinski definition) is 4. The Bertz CT molecular complexity index is 416. The number of carbonyl (C=O) groups excluding carboxylic acids is 1. The Balaban J connectivity index is 2.65. The van der Waals surface area contributed by atoms with Gasteiger partial charge in [0, 0.05) is 42.1 Å². The van der Waals surface area contributed by atoms with Crippen LogP contribution in [0.5, 0.6) is 0 Å². The van der Waals surface area contributed by atoms with Crippen molar-refractivity contribution in [3.8, 4) is 0 Å². The van der Waals surface area contributed by atoms with E-state index >= 15 is 0 Å². The quantitative estimate of drug-likeness (QED) is 0.747.